The van der Waals surface area contributed by atoms with Crippen LogP contribution < -0.4 is 5.32 Å². The summed E-state index contributed by atoms with van der Waals surface area (Å²) in [7, 11) is 2.25. The molecule has 0 radical (unpaired) electrons. The van der Waals surface area contributed by atoms with Crippen molar-refractivity contribution in [1.29, 1.82) is 5.26 Å². The highest BCUT2D eigenvalue weighted by molar-refractivity contribution is 4.95. The highest BCUT2D eigenvalue weighted by Gasteiger charge is 2.34. The molecular formula is C13H23N3. The number of fused-ring (bicyclic) bond motifs is 2. The van der Waals surface area contributed by atoms with Gasteiger partial charge < -0.3 is 10.2 Å². The molecule has 3 heteroatoms. The maximum absolute atomic E-state index is 8.49. The highest BCUT2D eigenvalue weighted by Crippen LogP contribution is 2.29. The van der Waals surface area contributed by atoms with Gasteiger partial charge in [0.25, 0.3) is 0 Å². The molecular weight excluding hydrogens is 198 g/mol. The normalized spacial score (nSPS) is 32.9. The van der Waals surface area contributed by atoms with Gasteiger partial charge in [-0.15, -0.1) is 0 Å². The van der Waals surface area contributed by atoms with E-state index in [0.717, 1.165) is 31.1 Å². The molecule has 0 aliphatic carbocycles. The Bertz CT molecular complexity index is 246. The van der Waals surface area contributed by atoms with E-state index in [1.54, 1.807) is 0 Å². The van der Waals surface area contributed by atoms with Crippen molar-refractivity contribution < 1.29 is 0 Å². The topological polar surface area (TPSA) is 39.1 Å². The Kier molecular flexibility index (Phi) is 4.20. The van der Waals surface area contributed by atoms with Crippen LogP contribution in [0.1, 0.15) is 44.9 Å². The van der Waals surface area contributed by atoms with Crippen LogP contribution in [0.25, 0.3) is 0 Å². The fraction of sp³-hybridized carbons (Fsp3) is 0.923. The van der Waals surface area contributed by atoms with Gasteiger partial charge in [0.2, 0.25) is 0 Å². The van der Waals surface area contributed by atoms with Crippen molar-refractivity contribution in [2.75, 3.05) is 13.6 Å². The quantitative estimate of drug-likeness (QED) is 0.721. The van der Waals surface area contributed by atoms with Gasteiger partial charge in [-0.05, 0) is 52.1 Å². The Hall–Kier alpha value is -0.590. The first-order valence-electron chi connectivity index (χ1n) is 6.63. The minimum Gasteiger partial charge on any atom is -0.311 e. The third-order valence-electron chi connectivity index (χ3n) is 4.12. The molecule has 0 aromatic heterocycles. The zero-order valence-corrected chi connectivity index (χ0v) is 10.3. The Labute approximate surface area is 98.8 Å². The van der Waals surface area contributed by atoms with Gasteiger partial charge in [-0.25, -0.2) is 0 Å². The third-order valence-corrected chi connectivity index (χ3v) is 4.12. The average Bonchev–Trinajstić information content (AvgIpc) is 2.63. The van der Waals surface area contributed by atoms with Gasteiger partial charge in [-0.3, -0.25) is 0 Å². The first kappa shape index (κ1) is 11.9. The molecule has 16 heavy (non-hydrogen) atoms. The summed E-state index contributed by atoms with van der Waals surface area (Å²) in [5, 5.41) is 12.2. The smallest absolute Gasteiger partial charge is 0.0621 e. The zero-order chi connectivity index (χ0) is 11.4. The number of hydrogen-bond donors (Lipinski definition) is 1. The Balaban J connectivity index is 1.69. The number of nitriles is 1. The SMILES string of the molecule is CN(CCCCC#N)C1CC2CCC(C1)N2. The lowest BCUT2D eigenvalue weighted by molar-refractivity contribution is 0.170. The molecule has 2 saturated heterocycles. The van der Waals surface area contributed by atoms with Crippen molar-refractivity contribution in [3.63, 3.8) is 0 Å². The average molecular weight is 221 g/mol. The second-order valence-corrected chi connectivity index (χ2v) is 5.36. The molecule has 3 nitrogen and oxygen atoms in total. The standard InChI is InChI=1S/C13H23N3/c1-16(8-4-2-3-7-14)13-9-11-5-6-12(10-13)15-11/h11-13,15H,2-6,8-10H2,1H3. The van der Waals surface area contributed by atoms with Gasteiger partial charge in [-0.1, -0.05) is 0 Å². The number of nitrogens with one attached hydrogen (secondary N) is 1. The number of piperidine rings is 1. The van der Waals surface area contributed by atoms with E-state index in [-0.39, 0.29) is 0 Å². The van der Waals surface area contributed by atoms with E-state index in [1.807, 2.05) is 0 Å². The highest BCUT2D eigenvalue weighted by atomic mass is 15.2. The van der Waals surface area contributed by atoms with Gasteiger partial charge in [0, 0.05) is 24.5 Å². The number of rotatable bonds is 5. The largest absolute Gasteiger partial charge is 0.311 e. The summed E-state index contributed by atoms with van der Waals surface area (Å²) in [5.74, 6) is 0. The van der Waals surface area contributed by atoms with E-state index in [2.05, 4.69) is 23.3 Å². The van der Waals surface area contributed by atoms with Crippen molar-refractivity contribution >= 4 is 0 Å². The fourth-order valence-corrected chi connectivity index (χ4v) is 3.13. The first-order chi connectivity index (χ1) is 7.79. The van der Waals surface area contributed by atoms with E-state index in [1.165, 1.54) is 32.1 Å². The van der Waals surface area contributed by atoms with Crippen LogP contribution >= 0.6 is 0 Å². The second-order valence-electron chi connectivity index (χ2n) is 5.36. The first-order valence-corrected chi connectivity index (χ1v) is 6.63. The van der Waals surface area contributed by atoms with Crippen molar-refractivity contribution in [3.05, 3.63) is 0 Å². The lowest BCUT2D eigenvalue weighted by Gasteiger charge is -2.35. The molecule has 2 unspecified atom stereocenters. The van der Waals surface area contributed by atoms with Crippen LogP contribution in [0.15, 0.2) is 0 Å². The summed E-state index contributed by atoms with van der Waals surface area (Å²) < 4.78 is 0. The molecule has 0 aromatic rings. The van der Waals surface area contributed by atoms with Crippen LogP contribution in [-0.4, -0.2) is 36.6 Å². The molecule has 2 bridgehead atoms. The van der Waals surface area contributed by atoms with E-state index in [9.17, 15) is 0 Å². The van der Waals surface area contributed by atoms with Gasteiger partial charge in [-0.2, -0.15) is 5.26 Å². The van der Waals surface area contributed by atoms with Gasteiger partial charge in [0.15, 0.2) is 0 Å². The minimum absolute atomic E-state index is 0.714. The summed E-state index contributed by atoms with van der Waals surface area (Å²) in [5.41, 5.74) is 0. The van der Waals surface area contributed by atoms with Crippen molar-refractivity contribution in [1.82, 2.24) is 10.2 Å². The van der Waals surface area contributed by atoms with E-state index >= 15 is 0 Å². The van der Waals surface area contributed by atoms with E-state index in [0.29, 0.717) is 6.42 Å². The maximum atomic E-state index is 8.49. The molecule has 0 spiro atoms. The third kappa shape index (κ3) is 2.96. The second kappa shape index (κ2) is 5.65. The van der Waals surface area contributed by atoms with Crippen molar-refractivity contribution in [3.8, 4) is 6.07 Å². The molecule has 2 aliphatic rings. The summed E-state index contributed by atoms with van der Waals surface area (Å²) in [6.07, 6.45) is 8.34. The summed E-state index contributed by atoms with van der Waals surface area (Å²) in [4.78, 5) is 2.52. The summed E-state index contributed by atoms with van der Waals surface area (Å²) in [6.45, 7) is 1.16. The van der Waals surface area contributed by atoms with E-state index < -0.39 is 0 Å². The van der Waals surface area contributed by atoms with Crippen LogP contribution in [-0.2, 0) is 0 Å². The lowest BCUT2D eigenvalue weighted by Crippen LogP contribution is -2.47. The van der Waals surface area contributed by atoms with Crippen molar-refractivity contribution in [2.24, 2.45) is 0 Å². The summed E-state index contributed by atoms with van der Waals surface area (Å²) in [6, 6.07) is 4.56. The molecule has 90 valence electrons. The van der Waals surface area contributed by atoms with Gasteiger partial charge in [0.05, 0.1) is 6.07 Å². The monoisotopic (exact) mass is 221 g/mol. The van der Waals surface area contributed by atoms with Crippen LogP contribution in [0.5, 0.6) is 0 Å². The molecule has 1 N–H and O–H groups in total. The number of nitrogens with zero attached hydrogens (tertiary/aromatic N) is 2. The maximum Gasteiger partial charge on any atom is 0.0621 e. The molecule has 2 rings (SSSR count). The lowest BCUT2D eigenvalue weighted by atomic mass is 9.98. The van der Waals surface area contributed by atoms with Gasteiger partial charge in [0.1, 0.15) is 0 Å². The van der Waals surface area contributed by atoms with Crippen LogP contribution in [0, 0.1) is 11.3 Å². The number of unbranched alkanes of at least 4 members (excludes halogenated alkanes) is 2. The molecule has 2 aliphatic heterocycles. The predicted molar refractivity (Wildman–Crippen MR) is 65.1 cm³/mol. The molecule has 2 atom stereocenters. The van der Waals surface area contributed by atoms with Crippen LogP contribution in [0.3, 0.4) is 0 Å². The molecule has 0 amide bonds. The Morgan fingerprint density at radius 3 is 2.56 bits per heavy atom. The van der Waals surface area contributed by atoms with E-state index in [4.69, 9.17) is 5.26 Å². The van der Waals surface area contributed by atoms with Crippen LogP contribution in [0.4, 0.5) is 0 Å². The minimum atomic E-state index is 0.714. The number of hydrogen-bond acceptors (Lipinski definition) is 3. The molecule has 0 saturated carbocycles. The molecule has 2 heterocycles. The Morgan fingerprint density at radius 2 is 1.94 bits per heavy atom. The Morgan fingerprint density at radius 1 is 1.25 bits per heavy atom. The van der Waals surface area contributed by atoms with Crippen LogP contribution in [0.2, 0.25) is 0 Å². The fourth-order valence-electron chi connectivity index (χ4n) is 3.13. The summed E-state index contributed by atoms with van der Waals surface area (Å²) >= 11 is 0. The zero-order valence-electron chi connectivity index (χ0n) is 10.3. The predicted octanol–water partition coefficient (Wildman–Crippen LogP) is 1.90. The molecule has 2 fully saturated rings. The van der Waals surface area contributed by atoms with Gasteiger partial charge >= 0.3 is 0 Å². The van der Waals surface area contributed by atoms with Crippen molar-refractivity contribution in [2.45, 2.75) is 63.1 Å². The molecule has 0 aromatic carbocycles.